The predicted molar refractivity (Wildman–Crippen MR) is 70.4 cm³/mol. The fraction of sp³-hybridized carbons (Fsp3) is 0.692. The molecule has 4 heteroatoms. The highest BCUT2D eigenvalue weighted by Gasteiger charge is 2.16. The van der Waals surface area contributed by atoms with Gasteiger partial charge in [0, 0.05) is 31.0 Å². The number of piperidine rings is 1. The molecule has 1 atom stereocenters. The second-order valence-electron chi connectivity index (χ2n) is 4.98. The van der Waals surface area contributed by atoms with Gasteiger partial charge in [-0.25, -0.2) is 9.97 Å². The van der Waals surface area contributed by atoms with Gasteiger partial charge in [0.1, 0.15) is 0 Å². The summed E-state index contributed by atoms with van der Waals surface area (Å²) in [6, 6.07) is 2.59. The number of rotatable bonds is 3. The predicted octanol–water partition coefficient (Wildman–Crippen LogP) is 1.67. The zero-order valence-electron chi connectivity index (χ0n) is 11.0. The number of nitrogens with one attached hydrogen (secondary N) is 1. The Morgan fingerprint density at radius 2 is 2.00 bits per heavy atom. The van der Waals surface area contributed by atoms with Gasteiger partial charge in [-0.15, -0.1) is 0 Å². The molecule has 0 aliphatic carbocycles. The summed E-state index contributed by atoms with van der Waals surface area (Å²) in [6.45, 7) is 6.17. The van der Waals surface area contributed by atoms with Gasteiger partial charge in [-0.1, -0.05) is 6.42 Å². The fourth-order valence-corrected chi connectivity index (χ4v) is 2.37. The van der Waals surface area contributed by atoms with Crippen molar-refractivity contribution in [1.29, 1.82) is 0 Å². The third-order valence-electron chi connectivity index (χ3n) is 3.22. The summed E-state index contributed by atoms with van der Waals surface area (Å²) in [4.78, 5) is 11.1. The molecule has 4 nitrogen and oxygen atoms in total. The number of aryl methyl sites for hydroxylation is 2. The molecule has 1 aliphatic heterocycles. The van der Waals surface area contributed by atoms with Crippen molar-refractivity contribution in [2.24, 2.45) is 0 Å². The molecule has 94 valence electrons. The number of aromatic nitrogens is 2. The second-order valence-corrected chi connectivity index (χ2v) is 4.98. The van der Waals surface area contributed by atoms with Crippen LogP contribution in [0.3, 0.4) is 0 Å². The largest absolute Gasteiger partial charge is 0.342 e. The van der Waals surface area contributed by atoms with E-state index in [2.05, 4.69) is 27.2 Å². The topological polar surface area (TPSA) is 41.1 Å². The van der Waals surface area contributed by atoms with Crippen LogP contribution in [0, 0.1) is 13.8 Å². The van der Waals surface area contributed by atoms with Gasteiger partial charge in [0.2, 0.25) is 5.95 Å². The molecule has 2 heterocycles. The van der Waals surface area contributed by atoms with Gasteiger partial charge < -0.3 is 10.2 Å². The molecule has 2 rings (SSSR count). The number of hydrogen-bond donors (Lipinski definition) is 1. The smallest absolute Gasteiger partial charge is 0.225 e. The Bertz CT molecular complexity index is 351. The number of nitrogens with zero attached hydrogens (tertiary/aromatic N) is 3. The molecule has 17 heavy (non-hydrogen) atoms. The molecule has 0 radical (unpaired) electrons. The average Bonchev–Trinajstić information content (AvgIpc) is 2.29. The minimum Gasteiger partial charge on any atom is -0.342 e. The Balaban J connectivity index is 2.00. The molecular formula is C13H22N4. The zero-order chi connectivity index (χ0) is 12.3. The molecule has 0 bridgehead atoms. The van der Waals surface area contributed by atoms with E-state index in [9.17, 15) is 0 Å². The van der Waals surface area contributed by atoms with Gasteiger partial charge in [-0.3, -0.25) is 0 Å². The van der Waals surface area contributed by atoms with Crippen molar-refractivity contribution >= 4 is 5.95 Å². The van der Waals surface area contributed by atoms with Crippen LogP contribution in [0.4, 0.5) is 5.95 Å². The Kier molecular flexibility index (Phi) is 3.94. The van der Waals surface area contributed by atoms with Crippen LogP contribution in [0.1, 0.15) is 30.7 Å². The van der Waals surface area contributed by atoms with E-state index < -0.39 is 0 Å². The highest BCUT2D eigenvalue weighted by atomic mass is 15.2. The van der Waals surface area contributed by atoms with Crippen LogP contribution >= 0.6 is 0 Å². The van der Waals surface area contributed by atoms with Crippen LogP contribution in [0.5, 0.6) is 0 Å². The van der Waals surface area contributed by atoms with E-state index >= 15 is 0 Å². The van der Waals surface area contributed by atoms with Crippen molar-refractivity contribution in [3.05, 3.63) is 17.5 Å². The molecule has 1 aliphatic rings. The molecule has 0 amide bonds. The van der Waals surface area contributed by atoms with Crippen LogP contribution < -0.4 is 10.2 Å². The first-order chi connectivity index (χ1) is 8.15. The molecule has 0 unspecified atom stereocenters. The van der Waals surface area contributed by atoms with Crippen LogP contribution in [0.25, 0.3) is 0 Å². The lowest BCUT2D eigenvalue weighted by Crippen LogP contribution is -2.43. The molecule has 1 aromatic heterocycles. The van der Waals surface area contributed by atoms with Gasteiger partial charge >= 0.3 is 0 Å². The summed E-state index contributed by atoms with van der Waals surface area (Å²) >= 11 is 0. The normalized spacial score (nSPS) is 20.3. The van der Waals surface area contributed by atoms with Gasteiger partial charge in [-0.2, -0.15) is 0 Å². The van der Waals surface area contributed by atoms with E-state index in [1.165, 1.54) is 19.3 Å². The van der Waals surface area contributed by atoms with Gasteiger partial charge in [0.25, 0.3) is 0 Å². The van der Waals surface area contributed by atoms with Crippen molar-refractivity contribution in [1.82, 2.24) is 15.3 Å². The maximum atomic E-state index is 4.49. The Morgan fingerprint density at radius 1 is 1.29 bits per heavy atom. The summed E-state index contributed by atoms with van der Waals surface area (Å²) in [6.07, 6.45) is 3.90. The van der Waals surface area contributed by atoms with Crippen LogP contribution in [-0.4, -0.2) is 36.1 Å². The van der Waals surface area contributed by atoms with Crippen molar-refractivity contribution < 1.29 is 0 Å². The molecule has 0 saturated carbocycles. The molecule has 1 saturated heterocycles. The molecule has 0 aromatic carbocycles. The summed E-state index contributed by atoms with van der Waals surface area (Å²) in [5.74, 6) is 0.842. The maximum absolute atomic E-state index is 4.49. The Hall–Kier alpha value is -1.16. The lowest BCUT2D eigenvalue weighted by Gasteiger charge is -2.28. The van der Waals surface area contributed by atoms with E-state index in [0.29, 0.717) is 6.04 Å². The van der Waals surface area contributed by atoms with E-state index in [1.807, 2.05) is 19.9 Å². The quantitative estimate of drug-likeness (QED) is 0.864. The van der Waals surface area contributed by atoms with Gasteiger partial charge in [0.05, 0.1) is 0 Å². The van der Waals surface area contributed by atoms with Gasteiger partial charge in [-0.05, 0) is 39.3 Å². The Labute approximate surface area is 103 Å². The fourth-order valence-electron chi connectivity index (χ4n) is 2.37. The number of hydrogen-bond acceptors (Lipinski definition) is 4. The monoisotopic (exact) mass is 234 g/mol. The molecular weight excluding hydrogens is 212 g/mol. The summed E-state index contributed by atoms with van der Waals surface area (Å²) < 4.78 is 0. The molecule has 1 N–H and O–H groups in total. The minimum atomic E-state index is 0.582. The standard InChI is InChI=1S/C13H22N4/c1-10-8-11(2)16-13(15-10)17(3)9-12-6-4-5-7-14-12/h8,12,14H,4-7,9H2,1-3H3/t12-/m1/s1. The minimum absolute atomic E-state index is 0.582. The lowest BCUT2D eigenvalue weighted by molar-refractivity contribution is 0.402. The highest BCUT2D eigenvalue weighted by molar-refractivity contribution is 5.31. The highest BCUT2D eigenvalue weighted by Crippen LogP contribution is 2.12. The third kappa shape index (κ3) is 3.40. The van der Waals surface area contributed by atoms with Crippen molar-refractivity contribution in [3.63, 3.8) is 0 Å². The first-order valence-electron chi connectivity index (χ1n) is 6.42. The maximum Gasteiger partial charge on any atom is 0.225 e. The second kappa shape index (κ2) is 5.45. The molecule has 1 fully saturated rings. The van der Waals surface area contributed by atoms with E-state index in [4.69, 9.17) is 0 Å². The summed E-state index contributed by atoms with van der Waals surface area (Å²) in [5, 5.41) is 3.55. The van der Waals surface area contributed by atoms with Crippen LogP contribution in [0.15, 0.2) is 6.07 Å². The van der Waals surface area contributed by atoms with Crippen LogP contribution in [0.2, 0.25) is 0 Å². The third-order valence-corrected chi connectivity index (χ3v) is 3.22. The number of anilines is 1. The van der Waals surface area contributed by atoms with E-state index in [1.54, 1.807) is 0 Å². The van der Waals surface area contributed by atoms with Gasteiger partial charge in [0.15, 0.2) is 0 Å². The van der Waals surface area contributed by atoms with Crippen molar-refractivity contribution in [2.75, 3.05) is 25.0 Å². The summed E-state index contributed by atoms with van der Waals surface area (Å²) in [5.41, 5.74) is 2.08. The molecule has 0 spiro atoms. The van der Waals surface area contributed by atoms with Crippen molar-refractivity contribution in [2.45, 2.75) is 39.2 Å². The molecule has 1 aromatic rings. The Morgan fingerprint density at radius 3 is 2.59 bits per heavy atom. The lowest BCUT2D eigenvalue weighted by atomic mass is 10.0. The average molecular weight is 234 g/mol. The zero-order valence-corrected chi connectivity index (χ0v) is 11.0. The summed E-state index contributed by atoms with van der Waals surface area (Å²) in [7, 11) is 2.07. The van der Waals surface area contributed by atoms with E-state index in [-0.39, 0.29) is 0 Å². The first kappa shape index (κ1) is 12.3. The van der Waals surface area contributed by atoms with E-state index in [0.717, 1.165) is 30.4 Å². The SMILES string of the molecule is Cc1cc(C)nc(N(C)C[C@H]2CCCCN2)n1. The van der Waals surface area contributed by atoms with Crippen molar-refractivity contribution in [3.8, 4) is 0 Å². The number of likely N-dealkylation sites (N-methyl/N-ethyl adjacent to an activating group) is 1. The first-order valence-corrected chi connectivity index (χ1v) is 6.42. The van der Waals surface area contributed by atoms with Crippen LogP contribution in [-0.2, 0) is 0 Å².